The van der Waals surface area contributed by atoms with Gasteiger partial charge in [-0.2, -0.15) is 5.10 Å². The first-order chi connectivity index (χ1) is 12.0. The lowest BCUT2D eigenvalue weighted by Crippen LogP contribution is -2.26. The van der Waals surface area contributed by atoms with Crippen LogP contribution in [-0.2, 0) is 11.2 Å². The van der Waals surface area contributed by atoms with Gasteiger partial charge in [-0.25, -0.2) is 0 Å². The molecule has 1 aliphatic heterocycles. The van der Waals surface area contributed by atoms with Gasteiger partial charge in [0.2, 0.25) is 5.91 Å². The minimum atomic E-state index is -0.459. The van der Waals surface area contributed by atoms with Crippen LogP contribution in [0.5, 0.6) is 0 Å². The number of amidine groups is 1. The number of benzene rings is 1. The quantitative estimate of drug-likeness (QED) is 0.662. The smallest absolute Gasteiger partial charge is 0.272 e. The Bertz CT molecular complexity index is 829. The van der Waals surface area contributed by atoms with Crippen molar-refractivity contribution in [1.82, 2.24) is 5.32 Å². The van der Waals surface area contributed by atoms with Gasteiger partial charge in [0.05, 0.1) is 15.9 Å². The number of thioether (sulfide) groups is 1. The summed E-state index contributed by atoms with van der Waals surface area (Å²) in [6.45, 7) is 2.01. The van der Waals surface area contributed by atoms with E-state index in [0.717, 1.165) is 5.71 Å². The first kappa shape index (κ1) is 17.1. The molecular formula is C17H16N4O3S. The molecule has 0 unspecified atom stereocenters. The zero-order chi connectivity index (χ0) is 17.8. The number of nitrogens with one attached hydrogen (secondary N) is 1. The van der Waals surface area contributed by atoms with Crippen molar-refractivity contribution in [2.24, 2.45) is 16.1 Å². The van der Waals surface area contributed by atoms with Crippen molar-refractivity contribution in [3.8, 4) is 0 Å². The lowest BCUT2D eigenvalue weighted by molar-refractivity contribution is -0.385. The van der Waals surface area contributed by atoms with Gasteiger partial charge >= 0.3 is 0 Å². The third kappa shape index (κ3) is 4.03. The van der Waals surface area contributed by atoms with Crippen LogP contribution in [0.25, 0.3) is 0 Å². The van der Waals surface area contributed by atoms with Gasteiger partial charge in [0.1, 0.15) is 0 Å². The standard InChI is InChI=1S/C17H16N4O3S/c1-11-6-2-4-8-13(11)19-20-17-18-16(22)15(25-17)10-12-7-3-5-9-14(12)21(23)24/h2-9,11,15H,10H2,1H3,(H,18,20,22)/b19-13-/t11-,15-/m0/s1. The summed E-state index contributed by atoms with van der Waals surface area (Å²) in [5.74, 6) is -0.0477. The van der Waals surface area contributed by atoms with Crippen molar-refractivity contribution >= 4 is 34.2 Å². The van der Waals surface area contributed by atoms with Crippen molar-refractivity contribution in [2.45, 2.75) is 18.6 Å². The van der Waals surface area contributed by atoms with E-state index < -0.39 is 10.2 Å². The van der Waals surface area contributed by atoms with Crippen molar-refractivity contribution in [3.05, 3.63) is 64.2 Å². The molecule has 0 saturated carbocycles. The van der Waals surface area contributed by atoms with Crippen molar-refractivity contribution < 1.29 is 9.72 Å². The zero-order valence-electron chi connectivity index (χ0n) is 13.5. The fraction of sp³-hybridized carbons (Fsp3) is 0.235. The number of allylic oxidation sites excluding steroid dienone is 4. The highest BCUT2D eigenvalue weighted by Gasteiger charge is 2.32. The first-order valence-electron chi connectivity index (χ1n) is 7.75. The normalized spacial score (nSPS) is 25.6. The number of carbonyl (C=O) groups excluding carboxylic acids is 1. The van der Waals surface area contributed by atoms with E-state index in [1.807, 2.05) is 31.2 Å². The number of hydrogen-bond donors (Lipinski definition) is 1. The number of nitro benzene ring substituents is 1. The lowest BCUT2D eigenvalue weighted by Gasteiger charge is -2.07. The molecule has 0 spiro atoms. The minimum Gasteiger partial charge on any atom is -0.303 e. The molecule has 1 N–H and O–H groups in total. The highest BCUT2D eigenvalue weighted by Crippen LogP contribution is 2.27. The Balaban J connectivity index is 1.72. The number of para-hydroxylation sites is 1. The van der Waals surface area contributed by atoms with E-state index in [2.05, 4.69) is 15.5 Å². The first-order valence-corrected chi connectivity index (χ1v) is 8.63. The number of hydrogen-bond acceptors (Lipinski definition) is 6. The topological polar surface area (TPSA) is 97.0 Å². The van der Waals surface area contributed by atoms with Gasteiger partial charge in [-0.1, -0.05) is 55.1 Å². The fourth-order valence-corrected chi connectivity index (χ4v) is 3.46. The molecule has 128 valence electrons. The Kier molecular flexibility index (Phi) is 5.08. The van der Waals surface area contributed by atoms with E-state index in [4.69, 9.17) is 0 Å². The molecule has 2 atom stereocenters. The van der Waals surface area contributed by atoms with Crippen LogP contribution in [0, 0.1) is 16.0 Å². The van der Waals surface area contributed by atoms with Crippen LogP contribution < -0.4 is 5.32 Å². The maximum atomic E-state index is 12.1. The number of nitrogens with zero attached hydrogens (tertiary/aromatic N) is 3. The molecule has 2 aliphatic rings. The number of rotatable bonds is 4. The molecule has 8 heteroatoms. The fourth-order valence-electron chi connectivity index (χ4n) is 2.51. The Morgan fingerprint density at radius 2 is 2.08 bits per heavy atom. The summed E-state index contributed by atoms with van der Waals surface area (Å²) >= 11 is 1.24. The summed E-state index contributed by atoms with van der Waals surface area (Å²) in [6, 6.07) is 6.45. The second-order valence-electron chi connectivity index (χ2n) is 5.65. The summed E-state index contributed by atoms with van der Waals surface area (Å²) < 4.78 is 0. The number of carbonyl (C=O) groups is 1. The van der Waals surface area contributed by atoms with Gasteiger partial charge in [-0.05, 0) is 6.08 Å². The summed E-state index contributed by atoms with van der Waals surface area (Å²) in [6.07, 6.45) is 7.99. The molecule has 1 fully saturated rings. The van der Waals surface area contributed by atoms with Crippen molar-refractivity contribution in [1.29, 1.82) is 0 Å². The lowest BCUT2D eigenvalue weighted by atomic mass is 10.0. The molecular weight excluding hydrogens is 340 g/mol. The van der Waals surface area contributed by atoms with E-state index in [-0.39, 0.29) is 23.9 Å². The van der Waals surface area contributed by atoms with Gasteiger partial charge in [-0.15, -0.1) is 5.10 Å². The monoisotopic (exact) mass is 356 g/mol. The molecule has 3 rings (SSSR count). The highest BCUT2D eigenvalue weighted by atomic mass is 32.2. The summed E-state index contributed by atoms with van der Waals surface area (Å²) in [5, 5.41) is 22.0. The van der Waals surface area contributed by atoms with Crippen LogP contribution in [0.3, 0.4) is 0 Å². The molecule has 25 heavy (non-hydrogen) atoms. The third-order valence-corrected chi connectivity index (χ3v) is 4.94. The number of amides is 1. The molecule has 0 aromatic heterocycles. The Hall–Kier alpha value is -2.74. The predicted molar refractivity (Wildman–Crippen MR) is 98.6 cm³/mol. The van der Waals surface area contributed by atoms with Crippen LogP contribution in [-0.4, -0.2) is 27.0 Å². The van der Waals surface area contributed by atoms with E-state index >= 15 is 0 Å². The molecule has 0 bridgehead atoms. The Labute approximate surface area is 148 Å². The van der Waals surface area contributed by atoms with Gasteiger partial charge < -0.3 is 5.32 Å². The Morgan fingerprint density at radius 3 is 2.84 bits per heavy atom. The van der Waals surface area contributed by atoms with E-state index in [1.54, 1.807) is 18.2 Å². The molecule has 1 amide bonds. The van der Waals surface area contributed by atoms with E-state index in [9.17, 15) is 14.9 Å². The summed E-state index contributed by atoms with van der Waals surface area (Å²) in [4.78, 5) is 22.8. The molecule has 0 radical (unpaired) electrons. The molecule has 1 aromatic carbocycles. The van der Waals surface area contributed by atoms with Gasteiger partial charge in [0.25, 0.3) is 5.69 Å². The molecule has 1 heterocycles. The average Bonchev–Trinajstić information content (AvgIpc) is 2.94. The van der Waals surface area contributed by atoms with Gasteiger partial charge in [0.15, 0.2) is 5.17 Å². The van der Waals surface area contributed by atoms with Crippen LogP contribution in [0.1, 0.15) is 12.5 Å². The van der Waals surface area contributed by atoms with Crippen LogP contribution in [0.4, 0.5) is 5.69 Å². The average molecular weight is 356 g/mol. The summed E-state index contributed by atoms with van der Waals surface area (Å²) in [7, 11) is 0. The van der Waals surface area contributed by atoms with Gasteiger partial charge in [-0.3, -0.25) is 14.9 Å². The maximum Gasteiger partial charge on any atom is 0.272 e. The zero-order valence-corrected chi connectivity index (χ0v) is 14.3. The van der Waals surface area contributed by atoms with Crippen molar-refractivity contribution in [3.63, 3.8) is 0 Å². The van der Waals surface area contributed by atoms with E-state index in [0.29, 0.717) is 10.7 Å². The third-order valence-electron chi connectivity index (χ3n) is 3.87. The van der Waals surface area contributed by atoms with E-state index in [1.165, 1.54) is 17.8 Å². The maximum absolute atomic E-state index is 12.1. The highest BCUT2D eigenvalue weighted by molar-refractivity contribution is 8.15. The summed E-state index contributed by atoms with van der Waals surface area (Å²) in [5.41, 5.74) is 1.36. The van der Waals surface area contributed by atoms with Gasteiger partial charge in [0, 0.05) is 24.0 Å². The largest absolute Gasteiger partial charge is 0.303 e. The van der Waals surface area contributed by atoms with Crippen LogP contribution >= 0.6 is 11.8 Å². The SMILES string of the molecule is C[C@H]1C=CC=C/C1=N/N=C1\NC(=O)[C@H](Cc2ccccc2[N+](=O)[O-])S1. The van der Waals surface area contributed by atoms with Crippen LogP contribution in [0.15, 0.2) is 58.8 Å². The predicted octanol–water partition coefficient (Wildman–Crippen LogP) is 2.84. The Morgan fingerprint density at radius 1 is 1.28 bits per heavy atom. The number of nitro groups is 1. The molecule has 1 saturated heterocycles. The molecule has 1 aliphatic carbocycles. The second kappa shape index (κ2) is 7.43. The molecule has 7 nitrogen and oxygen atoms in total. The molecule has 1 aromatic rings. The minimum absolute atomic E-state index is 0.0227. The van der Waals surface area contributed by atoms with Crippen molar-refractivity contribution in [2.75, 3.05) is 0 Å². The second-order valence-corrected chi connectivity index (χ2v) is 6.84. The van der Waals surface area contributed by atoms with Crippen LogP contribution in [0.2, 0.25) is 0 Å².